The fourth-order valence-corrected chi connectivity index (χ4v) is 1.63. The summed E-state index contributed by atoms with van der Waals surface area (Å²) in [6.07, 6.45) is 0.628. The Kier molecular flexibility index (Phi) is 3.33. The molecule has 1 heterocycles. The third-order valence-electron chi connectivity index (χ3n) is 2.29. The van der Waals surface area contributed by atoms with Gasteiger partial charge in [0.1, 0.15) is 6.04 Å². The second-order valence-corrected chi connectivity index (χ2v) is 3.97. The van der Waals surface area contributed by atoms with E-state index in [1.54, 1.807) is 0 Å². The highest BCUT2D eigenvalue weighted by atomic mass is 16.2. The van der Waals surface area contributed by atoms with Gasteiger partial charge in [0.25, 0.3) is 0 Å². The number of urea groups is 1. The maximum absolute atomic E-state index is 11.3. The minimum absolute atomic E-state index is 0.186. The van der Waals surface area contributed by atoms with Gasteiger partial charge in [-0.25, -0.2) is 4.79 Å². The van der Waals surface area contributed by atoms with Gasteiger partial charge in [-0.15, -0.1) is 0 Å². The summed E-state index contributed by atoms with van der Waals surface area (Å²) >= 11 is 0. The van der Waals surface area contributed by atoms with Crippen LogP contribution >= 0.6 is 0 Å². The summed E-state index contributed by atoms with van der Waals surface area (Å²) in [7, 11) is 0. The van der Waals surface area contributed by atoms with Gasteiger partial charge in [0.2, 0.25) is 5.91 Å². The molecule has 1 saturated heterocycles. The van der Waals surface area contributed by atoms with Crippen molar-refractivity contribution in [3.8, 4) is 0 Å². The quantitative estimate of drug-likeness (QED) is 0.664. The number of nitrogens with zero attached hydrogens (tertiary/aromatic N) is 1. The lowest BCUT2D eigenvalue weighted by atomic mass is 10.0. The fourth-order valence-electron chi connectivity index (χ4n) is 1.63. The maximum atomic E-state index is 11.3. The van der Waals surface area contributed by atoms with E-state index in [2.05, 4.69) is 5.32 Å². The highest BCUT2D eigenvalue weighted by Crippen LogP contribution is 2.13. The molecule has 0 aromatic rings. The first kappa shape index (κ1) is 10.8. The zero-order valence-corrected chi connectivity index (χ0v) is 8.62. The van der Waals surface area contributed by atoms with E-state index in [0.717, 1.165) is 0 Å². The van der Waals surface area contributed by atoms with Crippen LogP contribution < -0.4 is 11.1 Å². The van der Waals surface area contributed by atoms with E-state index < -0.39 is 11.9 Å². The van der Waals surface area contributed by atoms with Crippen LogP contribution in [0.5, 0.6) is 0 Å². The van der Waals surface area contributed by atoms with E-state index in [-0.39, 0.29) is 6.03 Å². The predicted molar refractivity (Wildman–Crippen MR) is 52.5 cm³/mol. The second kappa shape index (κ2) is 4.30. The minimum Gasteiger partial charge on any atom is -0.368 e. The Hall–Kier alpha value is -1.26. The molecule has 0 aromatic heterocycles. The molecule has 0 spiro atoms. The molecule has 1 fully saturated rings. The highest BCUT2D eigenvalue weighted by Gasteiger charge is 2.31. The summed E-state index contributed by atoms with van der Waals surface area (Å²) in [5, 5.41) is 2.66. The van der Waals surface area contributed by atoms with Gasteiger partial charge in [-0.1, -0.05) is 13.8 Å². The monoisotopic (exact) mass is 199 g/mol. The lowest BCUT2D eigenvalue weighted by Gasteiger charge is -2.25. The Balaban J connectivity index is 2.66. The van der Waals surface area contributed by atoms with E-state index >= 15 is 0 Å². The third-order valence-corrected chi connectivity index (χ3v) is 2.29. The molecule has 0 aliphatic carbocycles. The molecule has 1 aliphatic rings. The smallest absolute Gasteiger partial charge is 0.318 e. The van der Waals surface area contributed by atoms with Crippen molar-refractivity contribution in [1.82, 2.24) is 10.2 Å². The van der Waals surface area contributed by atoms with Crippen LogP contribution in [0.3, 0.4) is 0 Å². The molecule has 5 heteroatoms. The molecule has 0 unspecified atom stereocenters. The van der Waals surface area contributed by atoms with Crippen molar-refractivity contribution >= 4 is 11.9 Å². The van der Waals surface area contributed by atoms with Crippen LogP contribution in [-0.2, 0) is 4.79 Å². The van der Waals surface area contributed by atoms with Crippen molar-refractivity contribution in [3.63, 3.8) is 0 Å². The zero-order chi connectivity index (χ0) is 10.7. The van der Waals surface area contributed by atoms with Gasteiger partial charge in [-0.3, -0.25) is 4.79 Å². The summed E-state index contributed by atoms with van der Waals surface area (Å²) in [6.45, 7) is 5.17. The molecule has 5 nitrogen and oxygen atoms in total. The van der Waals surface area contributed by atoms with Gasteiger partial charge in [0, 0.05) is 13.1 Å². The maximum Gasteiger partial charge on any atom is 0.318 e. The van der Waals surface area contributed by atoms with Crippen LogP contribution in [0.2, 0.25) is 0 Å². The molecule has 14 heavy (non-hydrogen) atoms. The molecule has 1 atom stereocenters. The number of rotatable bonds is 4. The Bertz CT molecular complexity index is 240. The first-order valence-electron chi connectivity index (χ1n) is 4.86. The Morgan fingerprint density at radius 2 is 2.29 bits per heavy atom. The zero-order valence-electron chi connectivity index (χ0n) is 8.62. The molecular formula is C9H17N3O2. The van der Waals surface area contributed by atoms with Gasteiger partial charge >= 0.3 is 6.03 Å². The van der Waals surface area contributed by atoms with Gasteiger partial charge < -0.3 is 16.0 Å². The molecule has 0 radical (unpaired) electrons. The lowest BCUT2D eigenvalue weighted by molar-refractivity contribution is -0.122. The van der Waals surface area contributed by atoms with E-state index in [0.29, 0.717) is 25.4 Å². The van der Waals surface area contributed by atoms with E-state index in [1.165, 1.54) is 4.90 Å². The van der Waals surface area contributed by atoms with Crippen LogP contribution in [0.4, 0.5) is 4.79 Å². The van der Waals surface area contributed by atoms with Gasteiger partial charge in [-0.05, 0) is 12.3 Å². The third kappa shape index (κ3) is 2.37. The molecule has 3 N–H and O–H groups in total. The number of carbonyl (C=O) groups is 2. The molecule has 3 amide bonds. The Morgan fingerprint density at radius 1 is 1.64 bits per heavy atom. The topological polar surface area (TPSA) is 75.4 Å². The minimum atomic E-state index is -0.461. The number of primary amides is 1. The van der Waals surface area contributed by atoms with Crippen molar-refractivity contribution in [2.75, 3.05) is 13.1 Å². The van der Waals surface area contributed by atoms with Crippen LogP contribution in [0.25, 0.3) is 0 Å². The van der Waals surface area contributed by atoms with Gasteiger partial charge in [-0.2, -0.15) is 0 Å². The van der Waals surface area contributed by atoms with Gasteiger partial charge in [0.05, 0.1) is 0 Å². The van der Waals surface area contributed by atoms with Crippen LogP contribution in [-0.4, -0.2) is 36.0 Å². The van der Waals surface area contributed by atoms with Crippen molar-refractivity contribution in [3.05, 3.63) is 0 Å². The van der Waals surface area contributed by atoms with Crippen LogP contribution in [0, 0.1) is 5.92 Å². The standard InChI is InChI=1S/C9H17N3O2/c1-6(2)5-7(8(10)13)12-4-3-11-9(12)14/h6-7H,3-5H2,1-2H3,(H2,10,13)(H,11,14)/t7-/m1/s1. The lowest BCUT2D eigenvalue weighted by Crippen LogP contribution is -2.47. The van der Waals surface area contributed by atoms with E-state index in [9.17, 15) is 9.59 Å². The molecule has 0 aromatic carbocycles. The summed E-state index contributed by atoms with van der Waals surface area (Å²) in [4.78, 5) is 24.0. The predicted octanol–water partition coefficient (Wildman–Crippen LogP) is -0.0884. The number of hydrogen-bond acceptors (Lipinski definition) is 2. The summed E-state index contributed by atoms with van der Waals surface area (Å²) in [6, 6.07) is -0.646. The molecule has 80 valence electrons. The summed E-state index contributed by atoms with van der Waals surface area (Å²) in [5.41, 5.74) is 5.27. The first-order valence-corrected chi connectivity index (χ1v) is 4.86. The van der Waals surface area contributed by atoms with Crippen LogP contribution in [0.1, 0.15) is 20.3 Å². The summed E-state index contributed by atoms with van der Waals surface area (Å²) in [5.74, 6) is -0.0725. The van der Waals surface area contributed by atoms with Crippen molar-refractivity contribution in [2.45, 2.75) is 26.3 Å². The number of hydrogen-bond donors (Lipinski definition) is 2. The number of amides is 3. The molecule has 0 bridgehead atoms. The van der Waals surface area contributed by atoms with E-state index in [4.69, 9.17) is 5.73 Å². The SMILES string of the molecule is CC(C)C[C@H](C(N)=O)N1CCNC1=O. The Morgan fingerprint density at radius 3 is 2.64 bits per heavy atom. The molecular weight excluding hydrogens is 182 g/mol. The number of nitrogens with two attached hydrogens (primary N) is 1. The molecule has 1 aliphatic heterocycles. The number of nitrogens with one attached hydrogen (secondary N) is 1. The first-order chi connectivity index (χ1) is 6.52. The Labute approximate surface area is 83.6 Å². The van der Waals surface area contributed by atoms with Gasteiger partial charge in [0.15, 0.2) is 0 Å². The van der Waals surface area contributed by atoms with Crippen molar-refractivity contribution in [1.29, 1.82) is 0 Å². The summed E-state index contributed by atoms with van der Waals surface area (Å²) < 4.78 is 0. The largest absolute Gasteiger partial charge is 0.368 e. The second-order valence-electron chi connectivity index (χ2n) is 3.97. The molecule has 0 saturated carbocycles. The average Bonchev–Trinajstić information content (AvgIpc) is 2.46. The number of carbonyl (C=O) groups excluding carboxylic acids is 2. The van der Waals surface area contributed by atoms with Crippen molar-refractivity contribution in [2.24, 2.45) is 11.7 Å². The van der Waals surface area contributed by atoms with E-state index in [1.807, 2.05) is 13.8 Å². The van der Waals surface area contributed by atoms with Crippen molar-refractivity contribution < 1.29 is 9.59 Å². The van der Waals surface area contributed by atoms with Crippen LogP contribution in [0.15, 0.2) is 0 Å². The fraction of sp³-hybridized carbons (Fsp3) is 0.778. The average molecular weight is 199 g/mol. The normalized spacial score (nSPS) is 18.5. The highest BCUT2D eigenvalue weighted by molar-refractivity contribution is 5.86. The molecule has 1 rings (SSSR count).